The zero-order chi connectivity index (χ0) is 16.4. The van der Waals surface area contributed by atoms with Crippen molar-refractivity contribution in [1.29, 1.82) is 0 Å². The Balaban J connectivity index is 1.73. The fourth-order valence-corrected chi connectivity index (χ4v) is 3.42. The van der Waals surface area contributed by atoms with Crippen molar-refractivity contribution in [3.05, 3.63) is 22.2 Å². The third-order valence-corrected chi connectivity index (χ3v) is 4.93. The van der Waals surface area contributed by atoms with Crippen molar-refractivity contribution in [1.82, 2.24) is 5.32 Å². The number of anilines is 1. The van der Waals surface area contributed by atoms with Crippen LogP contribution in [0.1, 0.15) is 30.1 Å². The average Bonchev–Trinajstić information content (AvgIpc) is 2.54. The summed E-state index contributed by atoms with van der Waals surface area (Å²) in [7, 11) is 0. The number of hydrogen-bond acceptors (Lipinski definition) is 4. The summed E-state index contributed by atoms with van der Waals surface area (Å²) in [5.74, 6) is 0.588. The smallest absolute Gasteiger partial charge is 0.262 e. The van der Waals surface area contributed by atoms with Crippen LogP contribution in [0.15, 0.2) is 16.6 Å². The molecule has 0 bridgehead atoms. The SMILES string of the molecule is C[C@H](NC(=O)c1cc2c(cc1Br)NC(=O)CO2)C1CCOCC1. The summed E-state index contributed by atoms with van der Waals surface area (Å²) in [5, 5.41) is 5.77. The lowest BCUT2D eigenvalue weighted by molar-refractivity contribution is -0.118. The van der Waals surface area contributed by atoms with Gasteiger partial charge in [-0.25, -0.2) is 0 Å². The van der Waals surface area contributed by atoms with Gasteiger partial charge >= 0.3 is 0 Å². The van der Waals surface area contributed by atoms with E-state index in [4.69, 9.17) is 9.47 Å². The molecule has 3 rings (SSSR count). The molecule has 0 aliphatic carbocycles. The van der Waals surface area contributed by atoms with Crippen molar-refractivity contribution in [2.24, 2.45) is 5.92 Å². The van der Waals surface area contributed by atoms with Crippen LogP contribution in [0.5, 0.6) is 5.75 Å². The van der Waals surface area contributed by atoms with E-state index in [1.807, 2.05) is 6.92 Å². The van der Waals surface area contributed by atoms with E-state index in [1.165, 1.54) is 0 Å². The van der Waals surface area contributed by atoms with Gasteiger partial charge in [0.15, 0.2) is 6.61 Å². The molecule has 1 saturated heterocycles. The number of rotatable bonds is 3. The quantitative estimate of drug-likeness (QED) is 0.840. The van der Waals surface area contributed by atoms with Gasteiger partial charge in [-0.3, -0.25) is 9.59 Å². The molecule has 2 amide bonds. The molecule has 1 aromatic rings. The molecule has 6 nitrogen and oxygen atoms in total. The van der Waals surface area contributed by atoms with Crippen LogP contribution in [0.25, 0.3) is 0 Å². The standard InChI is InChI=1S/C16H19BrN2O4/c1-9(10-2-4-22-5-3-10)18-16(21)11-6-14-13(7-12(11)17)19-15(20)8-23-14/h6-7,9-10H,2-5,8H2,1H3,(H,18,21)(H,19,20)/t9-/m0/s1. The third kappa shape index (κ3) is 3.67. The first-order chi connectivity index (χ1) is 11.0. The molecule has 2 aliphatic rings. The Labute approximate surface area is 143 Å². The second-order valence-electron chi connectivity index (χ2n) is 5.88. The van der Waals surface area contributed by atoms with Gasteiger partial charge in [0.2, 0.25) is 0 Å². The molecule has 2 aliphatic heterocycles. The number of fused-ring (bicyclic) bond motifs is 1. The first-order valence-corrected chi connectivity index (χ1v) is 8.48. The van der Waals surface area contributed by atoms with Crippen LogP contribution in [-0.2, 0) is 9.53 Å². The second-order valence-corrected chi connectivity index (χ2v) is 6.73. The molecule has 0 spiro atoms. The molecule has 1 aromatic carbocycles. The van der Waals surface area contributed by atoms with Gasteiger partial charge in [0.1, 0.15) is 5.75 Å². The molecule has 1 fully saturated rings. The Bertz CT molecular complexity index is 629. The van der Waals surface area contributed by atoms with Gasteiger partial charge in [-0.05, 0) is 53.7 Å². The molecule has 7 heteroatoms. The summed E-state index contributed by atoms with van der Waals surface area (Å²) in [6.45, 7) is 3.49. The molecule has 0 unspecified atom stereocenters. The molecule has 124 valence electrons. The van der Waals surface area contributed by atoms with Crippen LogP contribution < -0.4 is 15.4 Å². The summed E-state index contributed by atoms with van der Waals surface area (Å²) in [4.78, 5) is 23.9. The van der Waals surface area contributed by atoms with Gasteiger partial charge in [-0.1, -0.05) is 0 Å². The Morgan fingerprint density at radius 1 is 1.39 bits per heavy atom. The minimum Gasteiger partial charge on any atom is -0.482 e. The zero-order valence-electron chi connectivity index (χ0n) is 12.9. The highest BCUT2D eigenvalue weighted by molar-refractivity contribution is 9.10. The van der Waals surface area contributed by atoms with E-state index >= 15 is 0 Å². The van der Waals surface area contributed by atoms with Crippen molar-refractivity contribution in [2.75, 3.05) is 25.1 Å². The van der Waals surface area contributed by atoms with Crippen LogP contribution in [-0.4, -0.2) is 37.7 Å². The monoisotopic (exact) mass is 382 g/mol. The Morgan fingerprint density at radius 2 is 2.13 bits per heavy atom. The first kappa shape index (κ1) is 16.3. The molecule has 2 N–H and O–H groups in total. The number of carbonyl (C=O) groups is 2. The highest BCUT2D eigenvalue weighted by atomic mass is 79.9. The number of nitrogens with one attached hydrogen (secondary N) is 2. The van der Waals surface area contributed by atoms with E-state index in [0.29, 0.717) is 27.4 Å². The predicted molar refractivity (Wildman–Crippen MR) is 88.7 cm³/mol. The Hall–Kier alpha value is -1.60. The topological polar surface area (TPSA) is 76.7 Å². The largest absolute Gasteiger partial charge is 0.482 e. The number of carbonyl (C=O) groups excluding carboxylic acids is 2. The number of halogens is 1. The maximum absolute atomic E-state index is 12.6. The summed E-state index contributed by atoms with van der Waals surface area (Å²) in [6, 6.07) is 3.43. The van der Waals surface area contributed by atoms with Gasteiger partial charge in [0.05, 0.1) is 11.3 Å². The molecule has 0 radical (unpaired) electrons. The van der Waals surface area contributed by atoms with Gasteiger partial charge in [0.25, 0.3) is 11.8 Å². The van der Waals surface area contributed by atoms with E-state index in [-0.39, 0.29) is 24.5 Å². The third-order valence-electron chi connectivity index (χ3n) is 4.28. The lowest BCUT2D eigenvalue weighted by Gasteiger charge is -2.28. The summed E-state index contributed by atoms with van der Waals surface area (Å²) in [5.41, 5.74) is 1.07. The summed E-state index contributed by atoms with van der Waals surface area (Å²) < 4.78 is 11.4. The fourth-order valence-electron chi connectivity index (χ4n) is 2.89. The first-order valence-electron chi connectivity index (χ1n) is 7.69. The predicted octanol–water partition coefficient (Wildman–Crippen LogP) is 2.32. The van der Waals surface area contributed by atoms with Crippen molar-refractivity contribution < 1.29 is 19.1 Å². The van der Waals surface area contributed by atoms with E-state index in [9.17, 15) is 9.59 Å². The average molecular weight is 383 g/mol. The molecule has 0 saturated carbocycles. The van der Waals surface area contributed by atoms with Crippen molar-refractivity contribution >= 4 is 33.4 Å². The van der Waals surface area contributed by atoms with E-state index < -0.39 is 0 Å². The number of amides is 2. The Morgan fingerprint density at radius 3 is 2.87 bits per heavy atom. The lowest BCUT2D eigenvalue weighted by atomic mass is 9.93. The van der Waals surface area contributed by atoms with E-state index in [1.54, 1.807) is 12.1 Å². The lowest BCUT2D eigenvalue weighted by Crippen LogP contribution is -2.40. The number of benzene rings is 1. The van der Waals surface area contributed by atoms with Crippen LogP contribution >= 0.6 is 15.9 Å². The van der Waals surface area contributed by atoms with Gasteiger partial charge in [-0.15, -0.1) is 0 Å². The van der Waals surface area contributed by atoms with Crippen molar-refractivity contribution in [3.63, 3.8) is 0 Å². The molecule has 23 heavy (non-hydrogen) atoms. The fraction of sp³-hybridized carbons (Fsp3) is 0.500. The zero-order valence-corrected chi connectivity index (χ0v) is 14.4. The van der Waals surface area contributed by atoms with E-state index in [2.05, 4.69) is 26.6 Å². The van der Waals surface area contributed by atoms with E-state index in [0.717, 1.165) is 26.1 Å². The molecule has 1 atom stereocenters. The molecule has 0 aromatic heterocycles. The van der Waals surface area contributed by atoms with Crippen LogP contribution in [0.4, 0.5) is 5.69 Å². The van der Waals surface area contributed by atoms with Gasteiger partial charge < -0.3 is 20.1 Å². The number of hydrogen-bond donors (Lipinski definition) is 2. The Kier molecular flexibility index (Phi) is 4.87. The molecular formula is C16H19BrN2O4. The van der Waals surface area contributed by atoms with Gasteiger partial charge in [-0.2, -0.15) is 0 Å². The van der Waals surface area contributed by atoms with Crippen molar-refractivity contribution in [3.8, 4) is 5.75 Å². The summed E-state index contributed by atoms with van der Waals surface area (Å²) in [6.07, 6.45) is 1.92. The van der Waals surface area contributed by atoms with Gasteiger partial charge in [0, 0.05) is 23.7 Å². The highest BCUT2D eigenvalue weighted by Crippen LogP contribution is 2.33. The minimum atomic E-state index is -0.199. The molecule has 2 heterocycles. The maximum Gasteiger partial charge on any atom is 0.262 e. The minimum absolute atomic E-state index is 0.0336. The molecular weight excluding hydrogens is 364 g/mol. The normalized spacial score (nSPS) is 19.3. The van der Waals surface area contributed by atoms with Crippen molar-refractivity contribution in [2.45, 2.75) is 25.8 Å². The summed E-state index contributed by atoms with van der Waals surface area (Å²) >= 11 is 3.39. The van der Waals surface area contributed by atoms with Crippen LogP contribution in [0.2, 0.25) is 0 Å². The highest BCUT2D eigenvalue weighted by Gasteiger charge is 2.25. The second kappa shape index (κ2) is 6.88. The number of ether oxygens (including phenoxy) is 2. The van der Waals surface area contributed by atoms with Crippen LogP contribution in [0, 0.1) is 5.92 Å². The maximum atomic E-state index is 12.6. The van der Waals surface area contributed by atoms with Crippen LogP contribution in [0.3, 0.4) is 0 Å².